The lowest BCUT2D eigenvalue weighted by Crippen LogP contribution is -2.48. The van der Waals surface area contributed by atoms with Gasteiger partial charge in [0.05, 0.1) is 0 Å². The predicted molar refractivity (Wildman–Crippen MR) is 102 cm³/mol. The minimum absolute atomic E-state index is 0.0283. The molecule has 0 aliphatic carbocycles. The molecule has 3 N–H and O–H groups in total. The van der Waals surface area contributed by atoms with E-state index in [1.54, 1.807) is 42.5 Å². The molecule has 0 saturated carbocycles. The number of amides is 3. The summed E-state index contributed by atoms with van der Waals surface area (Å²) >= 11 is 0. The molecule has 0 saturated heterocycles. The highest BCUT2D eigenvalue weighted by atomic mass is 16.5. The molecule has 27 heavy (non-hydrogen) atoms. The minimum Gasteiger partial charge on any atom is -0.484 e. The largest absolute Gasteiger partial charge is 0.484 e. The van der Waals surface area contributed by atoms with Crippen LogP contribution in [0.15, 0.2) is 54.6 Å². The van der Waals surface area contributed by atoms with Crippen molar-refractivity contribution in [2.24, 2.45) is 0 Å². The van der Waals surface area contributed by atoms with E-state index in [0.29, 0.717) is 11.4 Å². The van der Waals surface area contributed by atoms with Crippen LogP contribution in [0.1, 0.15) is 26.3 Å². The fourth-order valence-corrected chi connectivity index (χ4v) is 2.13. The van der Waals surface area contributed by atoms with Crippen molar-refractivity contribution in [1.82, 2.24) is 10.9 Å². The topological polar surface area (TPSA) is 96.5 Å². The highest BCUT2D eigenvalue weighted by molar-refractivity contribution is 6.39. The van der Waals surface area contributed by atoms with Crippen LogP contribution < -0.4 is 20.9 Å². The van der Waals surface area contributed by atoms with Crippen molar-refractivity contribution < 1.29 is 19.1 Å². The third kappa shape index (κ3) is 6.47. The predicted octanol–water partition coefficient (Wildman–Crippen LogP) is 2.15. The number of carbonyl (C=O) groups is 3. The Morgan fingerprint density at radius 2 is 1.48 bits per heavy atom. The highest BCUT2D eigenvalue weighted by Gasteiger charge is 2.15. The number of rotatable bonds is 4. The lowest BCUT2D eigenvalue weighted by Gasteiger charge is -2.19. The van der Waals surface area contributed by atoms with Gasteiger partial charge < -0.3 is 10.1 Å². The maximum Gasteiger partial charge on any atom is 0.328 e. The summed E-state index contributed by atoms with van der Waals surface area (Å²) < 4.78 is 5.36. The molecule has 0 unspecified atom stereocenters. The van der Waals surface area contributed by atoms with Crippen molar-refractivity contribution in [3.8, 4) is 5.75 Å². The van der Waals surface area contributed by atoms with Gasteiger partial charge in [0.25, 0.3) is 5.91 Å². The Balaban J connectivity index is 1.74. The Labute approximate surface area is 158 Å². The summed E-state index contributed by atoms with van der Waals surface area (Å²) in [5, 5.41) is 2.41. The summed E-state index contributed by atoms with van der Waals surface area (Å²) in [6, 6.07) is 15.9. The molecule has 0 atom stereocenters. The van der Waals surface area contributed by atoms with E-state index in [0.717, 1.165) is 5.56 Å². The van der Waals surface area contributed by atoms with E-state index in [-0.39, 0.29) is 12.0 Å². The van der Waals surface area contributed by atoms with Gasteiger partial charge in [-0.25, -0.2) is 0 Å². The van der Waals surface area contributed by atoms with Crippen LogP contribution in [0.2, 0.25) is 0 Å². The smallest absolute Gasteiger partial charge is 0.328 e. The zero-order valence-electron chi connectivity index (χ0n) is 15.5. The first-order chi connectivity index (χ1) is 12.8. The second-order valence-electron chi connectivity index (χ2n) is 6.89. The standard InChI is InChI=1S/C20H23N3O4/c1-20(2,3)14-9-11-16(12-10-14)27-13-17(24)22-23-19(26)18(25)21-15-7-5-4-6-8-15/h4-12H,13H2,1-3H3,(H,21,25)(H,22,24)(H,23,26). The molecule has 142 valence electrons. The van der Waals surface area contributed by atoms with Crippen molar-refractivity contribution in [2.45, 2.75) is 26.2 Å². The highest BCUT2D eigenvalue weighted by Crippen LogP contribution is 2.24. The summed E-state index contributed by atoms with van der Waals surface area (Å²) in [6.45, 7) is 6.02. The van der Waals surface area contributed by atoms with Crippen LogP contribution in [0.25, 0.3) is 0 Å². The lowest BCUT2D eigenvalue weighted by atomic mass is 9.87. The number of hydrazine groups is 1. The summed E-state index contributed by atoms with van der Waals surface area (Å²) in [5.41, 5.74) is 5.82. The average Bonchev–Trinajstić information content (AvgIpc) is 2.64. The lowest BCUT2D eigenvalue weighted by molar-refractivity contribution is -0.138. The fourth-order valence-electron chi connectivity index (χ4n) is 2.13. The molecule has 2 aromatic carbocycles. The quantitative estimate of drug-likeness (QED) is 0.568. The normalized spacial score (nSPS) is 10.6. The van der Waals surface area contributed by atoms with Crippen molar-refractivity contribution in [1.29, 1.82) is 0 Å². The summed E-state index contributed by atoms with van der Waals surface area (Å²) in [4.78, 5) is 35.1. The van der Waals surface area contributed by atoms with E-state index in [2.05, 4.69) is 31.5 Å². The van der Waals surface area contributed by atoms with Gasteiger partial charge in [0.15, 0.2) is 6.61 Å². The van der Waals surface area contributed by atoms with Gasteiger partial charge in [0.2, 0.25) is 0 Å². The van der Waals surface area contributed by atoms with E-state index >= 15 is 0 Å². The summed E-state index contributed by atoms with van der Waals surface area (Å²) in [6.07, 6.45) is 0. The van der Waals surface area contributed by atoms with Gasteiger partial charge in [-0.05, 0) is 35.2 Å². The van der Waals surface area contributed by atoms with E-state index in [1.807, 2.05) is 17.6 Å². The monoisotopic (exact) mass is 369 g/mol. The Bertz CT molecular complexity index is 796. The Hall–Kier alpha value is -3.35. The molecule has 7 nitrogen and oxygen atoms in total. The number of nitrogens with one attached hydrogen (secondary N) is 3. The van der Waals surface area contributed by atoms with Crippen LogP contribution in [0.4, 0.5) is 5.69 Å². The first-order valence-electron chi connectivity index (χ1n) is 8.44. The van der Waals surface area contributed by atoms with Crippen molar-refractivity contribution in [2.75, 3.05) is 11.9 Å². The van der Waals surface area contributed by atoms with Crippen LogP contribution in [-0.4, -0.2) is 24.3 Å². The molecule has 0 aliphatic rings. The molecule has 0 spiro atoms. The van der Waals surface area contributed by atoms with Crippen molar-refractivity contribution in [3.05, 3.63) is 60.2 Å². The zero-order valence-corrected chi connectivity index (χ0v) is 15.5. The molecular formula is C20H23N3O4. The van der Waals surface area contributed by atoms with Crippen LogP contribution in [-0.2, 0) is 19.8 Å². The van der Waals surface area contributed by atoms with Crippen LogP contribution in [0.3, 0.4) is 0 Å². The minimum atomic E-state index is -0.985. The number of hydrogen-bond acceptors (Lipinski definition) is 4. The van der Waals surface area contributed by atoms with Crippen LogP contribution in [0, 0.1) is 0 Å². The number of anilines is 1. The summed E-state index contributed by atoms with van der Waals surface area (Å²) in [7, 11) is 0. The van der Waals surface area contributed by atoms with Crippen molar-refractivity contribution >= 4 is 23.4 Å². The van der Waals surface area contributed by atoms with E-state index in [9.17, 15) is 14.4 Å². The number of hydrogen-bond donors (Lipinski definition) is 3. The van der Waals surface area contributed by atoms with E-state index < -0.39 is 17.7 Å². The molecule has 0 heterocycles. The number of carbonyl (C=O) groups excluding carboxylic acids is 3. The molecule has 2 aromatic rings. The Morgan fingerprint density at radius 3 is 2.07 bits per heavy atom. The van der Waals surface area contributed by atoms with Gasteiger partial charge in [-0.3, -0.25) is 25.2 Å². The molecule has 7 heteroatoms. The van der Waals surface area contributed by atoms with Gasteiger partial charge >= 0.3 is 11.8 Å². The SMILES string of the molecule is CC(C)(C)c1ccc(OCC(=O)NNC(=O)C(=O)Nc2ccccc2)cc1. The molecule has 0 fully saturated rings. The van der Waals surface area contributed by atoms with Gasteiger partial charge in [0, 0.05) is 5.69 Å². The Morgan fingerprint density at radius 1 is 0.852 bits per heavy atom. The maximum atomic E-state index is 11.7. The molecule has 0 radical (unpaired) electrons. The van der Waals surface area contributed by atoms with E-state index in [1.165, 1.54) is 0 Å². The molecule has 0 aliphatic heterocycles. The molecule has 0 bridgehead atoms. The summed E-state index contributed by atoms with van der Waals surface area (Å²) in [5.74, 6) is -1.93. The van der Waals surface area contributed by atoms with Crippen LogP contribution in [0.5, 0.6) is 5.75 Å². The van der Waals surface area contributed by atoms with E-state index in [4.69, 9.17) is 4.74 Å². The molecular weight excluding hydrogens is 346 g/mol. The first kappa shape index (κ1) is 20.0. The maximum absolute atomic E-state index is 11.7. The number of ether oxygens (including phenoxy) is 1. The van der Waals surface area contributed by atoms with Gasteiger partial charge in [-0.2, -0.15) is 0 Å². The third-order valence-electron chi connectivity index (χ3n) is 3.64. The van der Waals surface area contributed by atoms with Gasteiger partial charge in [0.1, 0.15) is 5.75 Å². The second-order valence-corrected chi connectivity index (χ2v) is 6.89. The Kier molecular flexibility index (Phi) is 6.54. The number of para-hydroxylation sites is 1. The fraction of sp³-hybridized carbons (Fsp3) is 0.250. The molecule has 0 aromatic heterocycles. The number of benzene rings is 2. The first-order valence-corrected chi connectivity index (χ1v) is 8.44. The van der Waals surface area contributed by atoms with Gasteiger partial charge in [-0.1, -0.05) is 51.1 Å². The average molecular weight is 369 g/mol. The second kappa shape index (κ2) is 8.84. The molecule has 3 amide bonds. The third-order valence-corrected chi connectivity index (χ3v) is 3.64. The zero-order chi connectivity index (χ0) is 19.9. The van der Waals surface area contributed by atoms with Crippen molar-refractivity contribution in [3.63, 3.8) is 0 Å². The van der Waals surface area contributed by atoms with Crippen LogP contribution >= 0.6 is 0 Å². The van der Waals surface area contributed by atoms with Gasteiger partial charge in [-0.15, -0.1) is 0 Å². The molecule has 2 rings (SSSR count).